The van der Waals surface area contributed by atoms with Crippen LogP contribution < -0.4 is 0 Å². The van der Waals surface area contributed by atoms with Crippen LogP contribution in [0.1, 0.15) is 93.7 Å². The number of hydrogen-bond donors (Lipinski definition) is 0. The van der Waals surface area contributed by atoms with E-state index >= 15 is 0 Å². The van der Waals surface area contributed by atoms with Crippen molar-refractivity contribution in [3.05, 3.63) is 48.5 Å². The summed E-state index contributed by atoms with van der Waals surface area (Å²) in [5.41, 5.74) is 0.960. The van der Waals surface area contributed by atoms with Crippen molar-refractivity contribution in [1.82, 2.24) is 15.1 Å². The molecule has 8 nitrogen and oxygen atoms in total. The Kier molecular flexibility index (Phi) is 9.37. The zero-order valence-corrected chi connectivity index (χ0v) is 23.4. The number of aryl methyl sites for hydroxylation is 1. The molecule has 4 atom stereocenters. The molecule has 1 saturated carbocycles. The van der Waals surface area contributed by atoms with Gasteiger partial charge in [0.05, 0.1) is 23.4 Å². The lowest BCUT2D eigenvalue weighted by molar-refractivity contribution is -0.142. The van der Waals surface area contributed by atoms with Gasteiger partial charge in [0, 0.05) is 34.6 Å². The molecule has 0 radical (unpaired) electrons. The number of aromatic nitrogens is 2. The molecule has 1 aliphatic heterocycles. The zero-order chi connectivity index (χ0) is 27.3. The maximum atomic E-state index is 14.0. The summed E-state index contributed by atoms with van der Waals surface area (Å²) in [5.74, 6) is 1.15. The van der Waals surface area contributed by atoms with E-state index in [1.165, 1.54) is 0 Å². The summed E-state index contributed by atoms with van der Waals surface area (Å²) >= 11 is 0. The second-order valence-corrected chi connectivity index (χ2v) is 11.6. The zero-order valence-electron chi connectivity index (χ0n) is 23.4. The summed E-state index contributed by atoms with van der Waals surface area (Å²) in [6, 6.07) is -0.469. The number of ketones is 1. The maximum absolute atomic E-state index is 14.0. The number of azo groups is 1. The van der Waals surface area contributed by atoms with Crippen molar-refractivity contribution in [1.29, 1.82) is 0 Å². The summed E-state index contributed by atoms with van der Waals surface area (Å²) < 4.78 is 5.52. The van der Waals surface area contributed by atoms with Crippen LogP contribution in [0.4, 0.5) is 0 Å². The summed E-state index contributed by atoms with van der Waals surface area (Å²) in [7, 11) is 0. The van der Waals surface area contributed by atoms with Gasteiger partial charge in [0.15, 0.2) is 5.78 Å². The molecular formula is C29H47N5O3. The highest BCUT2D eigenvalue weighted by Crippen LogP contribution is 2.40. The Balaban J connectivity index is 0.00000380. The van der Waals surface area contributed by atoms with Crippen molar-refractivity contribution in [2.24, 2.45) is 33.4 Å². The van der Waals surface area contributed by atoms with Gasteiger partial charge >= 0.3 is 0 Å². The minimum Gasteiger partial charge on any atom is -0.425 e. The number of likely N-dealkylation sites (tertiary alicyclic amines) is 1. The first-order valence-electron chi connectivity index (χ1n) is 13.5. The van der Waals surface area contributed by atoms with Crippen molar-refractivity contribution >= 4 is 11.7 Å². The second-order valence-electron chi connectivity index (χ2n) is 11.6. The molecule has 4 unspecified atom stereocenters. The molecule has 1 aliphatic carbocycles. The Hall–Kier alpha value is -2.90. The van der Waals surface area contributed by atoms with Gasteiger partial charge in [-0.3, -0.25) is 9.59 Å². The maximum Gasteiger partial charge on any atom is 0.232 e. The SMILES string of the molecule is C=CC1CC(C(=O)CCCC(C)c2nnc(C)o2)N(C(=O)C(C(=C)N=N/C(=C\C)C2CC2)C(C)(C)C)C1.[HH].[HH]. The summed E-state index contributed by atoms with van der Waals surface area (Å²) in [5, 5.41) is 16.8. The van der Waals surface area contributed by atoms with E-state index in [9.17, 15) is 9.59 Å². The van der Waals surface area contributed by atoms with E-state index in [2.05, 4.69) is 33.6 Å². The number of carbonyl (C=O) groups is 2. The van der Waals surface area contributed by atoms with Crippen LogP contribution in [0, 0.1) is 30.1 Å². The Labute approximate surface area is 224 Å². The van der Waals surface area contributed by atoms with Gasteiger partial charge in [0.2, 0.25) is 17.7 Å². The fourth-order valence-corrected chi connectivity index (χ4v) is 5.08. The third-order valence-corrected chi connectivity index (χ3v) is 7.38. The summed E-state index contributed by atoms with van der Waals surface area (Å²) in [4.78, 5) is 29.1. The number of nitrogens with zero attached hydrogens (tertiary/aromatic N) is 5. The van der Waals surface area contributed by atoms with Crippen LogP contribution in [0.15, 0.2) is 51.3 Å². The Morgan fingerprint density at radius 2 is 1.97 bits per heavy atom. The topological polar surface area (TPSA) is 101 Å². The predicted octanol–water partition coefficient (Wildman–Crippen LogP) is 7.06. The van der Waals surface area contributed by atoms with E-state index in [0.29, 0.717) is 49.2 Å². The number of allylic oxidation sites excluding steroid dienone is 2. The first-order valence-corrected chi connectivity index (χ1v) is 13.5. The first kappa shape index (κ1) is 28.7. The van der Waals surface area contributed by atoms with Crippen molar-refractivity contribution in [2.45, 2.75) is 92.0 Å². The van der Waals surface area contributed by atoms with Gasteiger partial charge in [0.25, 0.3) is 0 Å². The van der Waals surface area contributed by atoms with Crippen molar-refractivity contribution < 1.29 is 16.9 Å². The lowest BCUT2D eigenvalue weighted by atomic mass is 9.78. The summed E-state index contributed by atoms with van der Waals surface area (Å²) in [6.07, 6.45) is 8.52. The minimum absolute atomic E-state index is 0. The molecule has 1 amide bonds. The highest BCUT2D eigenvalue weighted by molar-refractivity contribution is 5.91. The molecule has 2 aliphatic rings. The second kappa shape index (κ2) is 12.1. The standard InChI is InChI=1S/C29H43N5O3.2H2/c1-9-21-16-24(25(35)13-11-12-18(3)27-33-31-20(5)37-27)34(17-21)28(36)26(29(6,7)8)19(4)30-32-23(10-2)22-14-15-22;;/h9-10,18,21-22,24,26H,1,4,11-17H2,2-3,5-8H3;2*1H/b23-10-,32-30?;;. The molecule has 206 valence electrons. The highest BCUT2D eigenvalue weighted by Gasteiger charge is 2.44. The van der Waals surface area contributed by atoms with E-state index < -0.39 is 17.4 Å². The van der Waals surface area contributed by atoms with Crippen LogP contribution in [0.25, 0.3) is 0 Å². The molecule has 1 aromatic rings. The molecular weight excluding hydrogens is 466 g/mol. The third kappa shape index (κ3) is 7.33. The van der Waals surface area contributed by atoms with Gasteiger partial charge in [0.1, 0.15) is 0 Å². The summed E-state index contributed by atoms with van der Waals surface area (Å²) in [6.45, 7) is 20.3. The average molecular weight is 514 g/mol. The highest BCUT2D eigenvalue weighted by atomic mass is 16.4. The van der Waals surface area contributed by atoms with Crippen LogP contribution in [0.3, 0.4) is 0 Å². The van der Waals surface area contributed by atoms with E-state index in [0.717, 1.165) is 25.0 Å². The van der Waals surface area contributed by atoms with Gasteiger partial charge in [-0.05, 0) is 50.4 Å². The third-order valence-electron chi connectivity index (χ3n) is 7.38. The average Bonchev–Trinajstić information content (AvgIpc) is 3.41. The molecule has 2 fully saturated rings. The number of hydrogen-bond acceptors (Lipinski definition) is 7. The van der Waals surface area contributed by atoms with Gasteiger partial charge in [-0.25, -0.2) is 0 Å². The monoisotopic (exact) mass is 513 g/mol. The number of carbonyl (C=O) groups excluding carboxylic acids is 2. The molecule has 0 spiro atoms. The van der Waals surface area contributed by atoms with Crippen molar-refractivity contribution in [3.63, 3.8) is 0 Å². The van der Waals surface area contributed by atoms with Crippen LogP contribution in [0.5, 0.6) is 0 Å². The molecule has 3 rings (SSSR count). The fourth-order valence-electron chi connectivity index (χ4n) is 5.08. The smallest absolute Gasteiger partial charge is 0.232 e. The Bertz CT molecular complexity index is 1070. The molecule has 1 aromatic heterocycles. The number of Topliss-reactive ketones (excluding diaryl/α,β-unsaturated/α-hetero) is 1. The van der Waals surface area contributed by atoms with E-state index in [1.807, 2.05) is 46.8 Å². The molecule has 0 N–H and O–H groups in total. The Morgan fingerprint density at radius 1 is 1.27 bits per heavy atom. The van der Waals surface area contributed by atoms with E-state index in [-0.39, 0.29) is 26.4 Å². The van der Waals surface area contributed by atoms with Crippen LogP contribution in [-0.2, 0) is 9.59 Å². The largest absolute Gasteiger partial charge is 0.425 e. The lowest BCUT2D eigenvalue weighted by Crippen LogP contribution is -2.47. The van der Waals surface area contributed by atoms with Gasteiger partial charge in [-0.2, -0.15) is 10.2 Å². The van der Waals surface area contributed by atoms with Crippen molar-refractivity contribution in [3.8, 4) is 0 Å². The minimum atomic E-state index is -0.576. The van der Waals surface area contributed by atoms with E-state index in [1.54, 1.807) is 11.8 Å². The molecule has 1 saturated heterocycles. The predicted molar refractivity (Wildman–Crippen MR) is 148 cm³/mol. The lowest BCUT2D eigenvalue weighted by Gasteiger charge is -2.34. The van der Waals surface area contributed by atoms with Crippen LogP contribution in [-0.4, -0.2) is 39.4 Å². The number of amides is 1. The molecule has 8 heteroatoms. The fraction of sp³-hybridized carbons (Fsp3) is 0.655. The molecule has 2 heterocycles. The molecule has 37 heavy (non-hydrogen) atoms. The van der Waals surface area contributed by atoms with Crippen LogP contribution >= 0.6 is 0 Å². The van der Waals surface area contributed by atoms with Gasteiger partial charge in [-0.15, -0.1) is 16.8 Å². The van der Waals surface area contributed by atoms with Crippen molar-refractivity contribution in [2.75, 3.05) is 6.54 Å². The molecule has 0 aromatic carbocycles. The number of rotatable bonds is 12. The van der Waals surface area contributed by atoms with Gasteiger partial charge in [-0.1, -0.05) is 46.4 Å². The molecule has 0 bridgehead atoms. The quantitative estimate of drug-likeness (QED) is 0.220. The Morgan fingerprint density at radius 3 is 2.51 bits per heavy atom. The normalized spacial score (nSPS) is 22.3. The first-order chi connectivity index (χ1) is 17.5. The van der Waals surface area contributed by atoms with E-state index in [4.69, 9.17) is 4.42 Å². The van der Waals surface area contributed by atoms with Crippen LogP contribution in [0.2, 0.25) is 0 Å². The van der Waals surface area contributed by atoms with Gasteiger partial charge < -0.3 is 9.32 Å².